The third-order valence-electron chi connectivity index (χ3n) is 2.55. The zero-order valence-electron chi connectivity index (χ0n) is 11.7. The van der Waals surface area contributed by atoms with Gasteiger partial charge in [-0.05, 0) is 45.4 Å². The third kappa shape index (κ3) is 3.95. The number of carbonyl (C=O) groups excluding carboxylic acids is 1. The summed E-state index contributed by atoms with van der Waals surface area (Å²) in [6.07, 6.45) is 0. The molecule has 0 aromatic heterocycles. The Bertz CT molecular complexity index is 416. The molecule has 0 aliphatic heterocycles. The molecule has 0 aliphatic carbocycles. The molecule has 4 nitrogen and oxygen atoms in total. The molecule has 1 rings (SSSR count). The Labute approximate surface area is 109 Å². The van der Waals surface area contributed by atoms with Crippen molar-refractivity contribution in [2.24, 2.45) is 0 Å². The maximum absolute atomic E-state index is 11.8. The third-order valence-corrected chi connectivity index (χ3v) is 2.55. The van der Waals surface area contributed by atoms with Crippen molar-refractivity contribution in [3.63, 3.8) is 0 Å². The number of anilines is 1. The minimum Gasteiger partial charge on any atom is -0.495 e. The molecule has 0 saturated heterocycles. The van der Waals surface area contributed by atoms with Crippen molar-refractivity contribution in [3.8, 4) is 5.75 Å². The van der Waals surface area contributed by atoms with E-state index in [0.29, 0.717) is 0 Å². The Hall–Kier alpha value is -1.71. The van der Waals surface area contributed by atoms with Crippen LogP contribution in [0.2, 0.25) is 0 Å². The number of ether oxygens (including phenoxy) is 1. The van der Waals surface area contributed by atoms with Crippen molar-refractivity contribution < 1.29 is 9.53 Å². The van der Waals surface area contributed by atoms with Crippen LogP contribution in [0.3, 0.4) is 0 Å². The van der Waals surface area contributed by atoms with Crippen molar-refractivity contribution in [1.82, 2.24) is 5.32 Å². The van der Waals surface area contributed by atoms with Crippen molar-refractivity contribution in [2.45, 2.75) is 39.8 Å². The molecule has 1 aromatic rings. The fourth-order valence-corrected chi connectivity index (χ4v) is 1.64. The zero-order valence-corrected chi connectivity index (χ0v) is 11.7. The van der Waals surface area contributed by atoms with E-state index in [1.165, 1.54) is 0 Å². The number of hydrogen-bond donors (Lipinski definition) is 2. The van der Waals surface area contributed by atoms with Gasteiger partial charge in [-0.2, -0.15) is 0 Å². The fourth-order valence-electron chi connectivity index (χ4n) is 1.64. The normalized spacial score (nSPS) is 12.1. The van der Waals surface area contributed by atoms with E-state index >= 15 is 0 Å². The van der Waals surface area contributed by atoms with Crippen molar-refractivity contribution in [1.29, 1.82) is 0 Å². The Balaban J connectivity index is 2.77. The largest absolute Gasteiger partial charge is 0.495 e. The van der Waals surface area contributed by atoms with E-state index in [4.69, 9.17) is 4.74 Å². The van der Waals surface area contributed by atoms with Crippen molar-refractivity contribution in [3.05, 3.63) is 23.8 Å². The minimum absolute atomic E-state index is 0.0199. The predicted molar refractivity (Wildman–Crippen MR) is 74.1 cm³/mol. The molecule has 1 unspecified atom stereocenters. The Morgan fingerprint density at radius 1 is 1.28 bits per heavy atom. The summed E-state index contributed by atoms with van der Waals surface area (Å²) in [5, 5.41) is 6.04. The Morgan fingerprint density at radius 3 is 2.50 bits per heavy atom. The molecule has 0 radical (unpaired) electrons. The maximum atomic E-state index is 11.8. The molecule has 0 bridgehead atoms. The lowest BCUT2D eigenvalue weighted by atomic mass is 10.2. The van der Waals surface area contributed by atoms with Crippen LogP contribution in [0.25, 0.3) is 0 Å². The van der Waals surface area contributed by atoms with Gasteiger partial charge in [0.2, 0.25) is 5.91 Å². The summed E-state index contributed by atoms with van der Waals surface area (Å²) < 4.78 is 5.27. The highest BCUT2D eigenvalue weighted by atomic mass is 16.5. The smallest absolute Gasteiger partial charge is 0.242 e. The highest BCUT2D eigenvalue weighted by Gasteiger charge is 2.15. The first-order chi connectivity index (χ1) is 8.43. The van der Waals surface area contributed by atoms with Gasteiger partial charge in [-0.3, -0.25) is 4.79 Å². The lowest BCUT2D eigenvalue weighted by Gasteiger charge is -2.19. The van der Waals surface area contributed by atoms with Crippen LogP contribution >= 0.6 is 0 Å². The molecular formula is C14H22N2O2. The van der Waals surface area contributed by atoms with Crippen LogP contribution in [0.1, 0.15) is 26.3 Å². The van der Waals surface area contributed by atoms with Crippen LogP contribution in [0.4, 0.5) is 5.69 Å². The summed E-state index contributed by atoms with van der Waals surface area (Å²) in [6.45, 7) is 7.72. The lowest BCUT2D eigenvalue weighted by molar-refractivity contribution is -0.122. The number of benzene rings is 1. The molecule has 0 fully saturated rings. The molecule has 0 aliphatic rings. The van der Waals surface area contributed by atoms with E-state index in [-0.39, 0.29) is 18.0 Å². The highest BCUT2D eigenvalue weighted by molar-refractivity contribution is 5.84. The molecular weight excluding hydrogens is 228 g/mol. The average molecular weight is 250 g/mol. The molecule has 4 heteroatoms. The van der Waals surface area contributed by atoms with Gasteiger partial charge < -0.3 is 15.4 Å². The van der Waals surface area contributed by atoms with Crippen LogP contribution < -0.4 is 15.4 Å². The van der Waals surface area contributed by atoms with Crippen LogP contribution in [0.15, 0.2) is 18.2 Å². The van der Waals surface area contributed by atoms with Gasteiger partial charge >= 0.3 is 0 Å². The van der Waals surface area contributed by atoms with E-state index in [1.54, 1.807) is 7.11 Å². The first kappa shape index (κ1) is 14.4. The summed E-state index contributed by atoms with van der Waals surface area (Å²) in [5.41, 5.74) is 1.96. The number of rotatable bonds is 5. The number of nitrogens with one attached hydrogen (secondary N) is 2. The molecule has 1 atom stereocenters. The second-order valence-electron chi connectivity index (χ2n) is 4.73. The second-order valence-corrected chi connectivity index (χ2v) is 4.73. The standard InChI is InChI=1S/C14H22N2O2/c1-9(2)15-14(17)11(4)16-12-8-10(3)6-7-13(12)18-5/h6-9,11,16H,1-5H3,(H,15,17). The zero-order chi connectivity index (χ0) is 13.7. The van der Waals surface area contributed by atoms with Gasteiger partial charge in [0.15, 0.2) is 0 Å². The molecule has 1 amide bonds. The van der Waals surface area contributed by atoms with Gasteiger partial charge in [-0.1, -0.05) is 6.07 Å². The van der Waals surface area contributed by atoms with Crippen LogP contribution in [0.5, 0.6) is 5.75 Å². The van der Waals surface area contributed by atoms with Gasteiger partial charge in [0.25, 0.3) is 0 Å². The monoisotopic (exact) mass is 250 g/mol. The summed E-state index contributed by atoms with van der Waals surface area (Å²) in [5.74, 6) is 0.721. The number of carbonyl (C=O) groups is 1. The quantitative estimate of drug-likeness (QED) is 0.843. The summed E-state index contributed by atoms with van der Waals surface area (Å²) in [6, 6.07) is 5.68. The maximum Gasteiger partial charge on any atom is 0.242 e. The minimum atomic E-state index is -0.303. The molecule has 0 heterocycles. The Kier molecular flexibility index (Phi) is 5.01. The van der Waals surface area contributed by atoms with Crippen molar-refractivity contribution >= 4 is 11.6 Å². The van der Waals surface area contributed by atoms with Gasteiger partial charge in [-0.15, -0.1) is 0 Å². The first-order valence-electron chi connectivity index (χ1n) is 6.15. The predicted octanol–water partition coefficient (Wildman–Crippen LogP) is 2.33. The summed E-state index contributed by atoms with van der Waals surface area (Å²) in [4.78, 5) is 11.8. The Morgan fingerprint density at radius 2 is 1.94 bits per heavy atom. The SMILES string of the molecule is COc1ccc(C)cc1NC(C)C(=O)NC(C)C. The molecule has 0 spiro atoms. The van der Waals surface area contributed by atoms with E-state index in [2.05, 4.69) is 10.6 Å². The van der Waals surface area contributed by atoms with Crippen LogP contribution in [0, 0.1) is 6.92 Å². The summed E-state index contributed by atoms with van der Waals surface area (Å²) in [7, 11) is 1.62. The van der Waals surface area contributed by atoms with Gasteiger partial charge in [0.1, 0.15) is 11.8 Å². The van der Waals surface area contributed by atoms with Gasteiger partial charge in [0.05, 0.1) is 12.8 Å². The molecule has 0 saturated carbocycles. The molecule has 1 aromatic carbocycles. The van der Waals surface area contributed by atoms with E-state index in [9.17, 15) is 4.79 Å². The number of hydrogen-bond acceptors (Lipinski definition) is 3. The molecule has 18 heavy (non-hydrogen) atoms. The second kappa shape index (κ2) is 6.28. The molecule has 100 valence electrons. The van der Waals surface area contributed by atoms with Crippen molar-refractivity contribution in [2.75, 3.05) is 12.4 Å². The summed E-state index contributed by atoms with van der Waals surface area (Å²) >= 11 is 0. The van der Waals surface area contributed by atoms with E-state index in [1.807, 2.05) is 45.9 Å². The van der Waals surface area contributed by atoms with Gasteiger partial charge in [0, 0.05) is 6.04 Å². The number of aryl methyl sites for hydroxylation is 1. The van der Waals surface area contributed by atoms with Crippen LogP contribution in [-0.4, -0.2) is 25.1 Å². The van der Waals surface area contributed by atoms with E-state index in [0.717, 1.165) is 17.0 Å². The lowest BCUT2D eigenvalue weighted by Crippen LogP contribution is -2.41. The van der Waals surface area contributed by atoms with Crippen LogP contribution in [-0.2, 0) is 4.79 Å². The fraction of sp³-hybridized carbons (Fsp3) is 0.500. The first-order valence-corrected chi connectivity index (χ1v) is 6.15. The van der Waals surface area contributed by atoms with E-state index < -0.39 is 0 Å². The average Bonchev–Trinajstić information content (AvgIpc) is 2.28. The molecule has 2 N–H and O–H groups in total. The highest BCUT2D eigenvalue weighted by Crippen LogP contribution is 2.25. The topological polar surface area (TPSA) is 50.4 Å². The van der Waals surface area contributed by atoms with Gasteiger partial charge in [-0.25, -0.2) is 0 Å². The number of methoxy groups -OCH3 is 1. The number of amides is 1.